The van der Waals surface area contributed by atoms with Crippen molar-refractivity contribution >= 4 is 25.6 Å². The van der Waals surface area contributed by atoms with Crippen LogP contribution in [0.1, 0.15) is 23.7 Å². The number of benzene rings is 1. The minimum absolute atomic E-state index is 0.0294. The average Bonchev–Trinajstić information content (AvgIpc) is 2.79. The smallest absolute Gasteiger partial charge is 0.254 e. The van der Waals surface area contributed by atoms with Crippen LogP contribution in [0.3, 0.4) is 0 Å². The predicted molar refractivity (Wildman–Crippen MR) is 83.3 cm³/mol. The van der Waals surface area contributed by atoms with Gasteiger partial charge in [0.1, 0.15) is 0 Å². The van der Waals surface area contributed by atoms with Gasteiger partial charge in [0.15, 0.2) is 19.7 Å². The highest BCUT2D eigenvalue weighted by Crippen LogP contribution is 2.21. The summed E-state index contributed by atoms with van der Waals surface area (Å²) >= 11 is 0. The molecule has 0 aromatic heterocycles. The molecule has 1 atom stereocenters. The third-order valence-corrected chi connectivity index (χ3v) is 6.62. The summed E-state index contributed by atoms with van der Waals surface area (Å²) in [6.07, 6.45) is 1.51. The predicted octanol–water partition coefficient (Wildman–Crippen LogP) is 0.739. The number of nitrogens with zero attached hydrogens (tertiary/aromatic N) is 1. The molecule has 1 amide bonds. The normalized spacial score (nSPS) is 20.7. The van der Waals surface area contributed by atoms with Gasteiger partial charge in [0.25, 0.3) is 5.91 Å². The van der Waals surface area contributed by atoms with Crippen molar-refractivity contribution in [1.82, 2.24) is 4.90 Å². The summed E-state index contributed by atoms with van der Waals surface area (Å²) in [5.74, 6) is -0.279. The van der Waals surface area contributed by atoms with E-state index >= 15 is 0 Å². The largest absolute Gasteiger partial charge is 0.335 e. The van der Waals surface area contributed by atoms with Crippen LogP contribution in [0.25, 0.3) is 0 Å². The van der Waals surface area contributed by atoms with Crippen molar-refractivity contribution in [3.05, 3.63) is 29.8 Å². The number of amides is 1. The Labute approximate surface area is 131 Å². The molecule has 0 bridgehead atoms. The quantitative estimate of drug-likeness (QED) is 0.803. The fourth-order valence-electron chi connectivity index (χ4n) is 2.61. The number of sulfone groups is 2. The lowest BCUT2D eigenvalue weighted by molar-refractivity contribution is 0.0708. The molecule has 1 aliphatic heterocycles. The van der Waals surface area contributed by atoms with Crippen LogP contribution < -0.4 is 0 Å². The number of carbonyl (C=O) groups is 1. The van der Waals surface area contributed by atoms with E-state index in [4.69, 9.17) is 0 Å². The summed E-state index contributed by atoms with van der Waals surface area (Å²) in [4.78, 5) is 14.2. The third-order valence-electron chi connectivity index (χ3n) is 3.76. The molecule has 0 radical (unpaired) electrons. The van der Waals surface area contributed by atoms with Gasteiger partial charge in [-0.2, -0.15) is 0 Å². The van der Waals surface area contributed by atoms with E-state index in [1.54, 1.807) is 13.0 Å². The van der Waals surface area contributed by atoms with Gasteiger partial charge in [0, 0.05) is 24.4 Å². The summed E-state index contributed by atoms with van der Waals surface area (Å²) in [7, 11) is -6.48. The molecule has 8 heteroatoms. The van der Waals surface area contributed by atoms with Crippen molar-refractivity contribution in [2.24, 2.45) is 0 Å². The monoisotopic (exact) mass is 345 g/mol. The Hall–Kier alpha value is -1.41. The summed E-state index contributed by atoms with van der Waals surface area (Å²) in [6.45, 7) is 2.16. The van der Waals surface area contributed by atoms with E-state index in [0.717, 1.165) is 6.26 Å². The maximum atomic E-state index is 12.6. The van der Waals surface area contributed by atoms with Crippen molar-refractivity contribution in [2.75, 3.05) is 24.3 Å². The summed E-state index contributed by atoms with van der Waals surface area (Å²) in [5, 5.41) is 0. The zero-order valence-electron chi connectivity index (χ0n) is 12.5. The summed E-state index contributed by atoms with van der Waals surface area (Å²) < 4.78 is 46.3. The molecule has 1 aromatic carbocycles. The van der Waals surface area contributed by atoms with Crippen LogP contribution in [-0.4, -0.2) is 58.0 Å². The molecular weight excluding hydrogens is 326 g/mol. The first-order valence-corrected chi connectivity index (χ1v) is 10.7. The Morgan fingerprint density at radius 1 is 1.36 bits per heavy atom. The highest BCUT2D eigenvalue weighted by atomic mass is 32.2. The van der Waals surface area contributed by atoms with E-state index < -0.39 is 19.7 Å². The fraction of sp³-hybridized carbons (Fsp3) is 0.500. The first-order chi connectivity index (χ1) is 10.1. The highest BCUT2D eigenvalue weighted by Gasteiger charge is 2.34. The zero-order chi connectivity index (χ0) is 16.5. The maximum absolute atomic E-state index is 12.6. The molecule has 1 heterocycles. The maximum Gasteiger partial charge on any atom is 0.254 e. The van der Waals surface area contributed by atoms with E-state index in [9.17, 15) is 21.6 Å². The average molecular weight is 345 g/mol. The van der Waals surface area contributed by atoms with E-state index in [0.29, 0.717) is 13.0 Å². The number of rotatable bonds is 4. The molecule has 1 aromatic rings. The fourth-order valence-corrected chi connectivity index (χ4v) is 5.01. The van der Waals surface area contributed by atoms with Crippen molar-refractivity contribution in [1.29, 1.82) is 0 Å². The molecular formula is C14H19NO5S2. The van der Waals surface area contributed by atoms with Crippen molar-refractivity contribution < 1.29 is 21.6 Å². The first kappa shape index (κ1) is 17.0. The van der Waals surface area contributed by atoms with Gasteiger partial charge in [-0.15, -0.1) is 0 Å². The summed E-state index contributed by atoms with van der Waals surface area (Å²) in [6, 6.07) is 5.49. The first-order valence-electron chi connectivity index (χ1n) is 6.95. The van der Waals surface area contributed by atoms with Crippen LogP contribution in [0.2, 0.25) is 0 Å². The van der Waals surface area contributed by atoms with Gasteiger partial charge in [0.05, 0.1) is 16.4 Å². The van der Waals surface area contributed by atoms with Crippen LogP contribution in [0.5, 0.6) is 0 Å². The second-order valence-corrected chi connectivity index (χ2v) is 9.69. The molecule has 122 valence electrons. The van der Waals surface area contributed by atoms with E-state index in [-0.39, 0.29) is 33.9 Å². The van der Waals surface area contributed by atoms with Gasteiger partial charge in [-0.1, -0.05) is 6.07 Å². The van der Waals surface area contributed by atoms with Crippen LogP contribution in [0.4, 0.5) is 0 Å². The van der Waals surface area contributed by atoms with Crippen molar-refractivity contribution in [3.8, 4) is 0 Å². The molecule has 0 N–H and O–H groups in total. The SMILES string of the molecule is CCN(C(=O)c1cccc(S(C)(=O)=O)c1)C1CCS(=O)(=O)C1. The molecule has 6 nitrogen and oxygen atoms in total. The minimum atomic E-state index is -3.40. The summed E-state index contributed by atoms with van der Waals surface area (Å²) in [5.41, 5.74) is 0.258. The second kappa shape index (κ2) is 6.00. The highest BCUT2D eigenvalue weighted by molar-refractivity contribution is 7.91. The van der Waals surface area contributed by atoms with Gasteiger partial charge >= 0.3 is 0 Å². The van der Waals surface area contributed by atoms with Gasteiger partial charge in [0.2, 0.25) is 0 Å². The lowest BCUT2D eigenvalue weighted by Gasteiger charge is -2.27. The lowest BCUT2D eigenvalue weighted by Crippen LogP contribution is -2.41. The molecule has 2 rings (SSSR count). The molecule has 1 saturated heterocycles. The molecule has 0 saturated carbocycles. The Morgan fingerprint density at radius 2 is 2.05 bits per heavy atom. The Bertz CT molecular complexity index is 783. The molecule has 1 fully saturated rings. The number of hydrogen-bond donors (Lipinski definition) is 0. The molecule has 1 unspecified atom stereocenters. The van der Waals surface area contributed by atoms with E-state index in [2.05, 4.69) is 0 Å². The third kappa shape index (κ3) is 3.67. The Morgan fingerprint density at radius 3 is 2.55 bits per heavy atom. The lowest BCUT2D eigenvalue weighted by atomic mass is 10.1. The molecule has 0 spiro atoms. The van der Waals surface area contributed by atoms with E-state index in [1.165, 1.54) is 23.1 Å². The topological polar surface area (TPSA) is 88.6 Å². The van der Waals surface area contributed by atoms with Crippen molar-refractivity contribution in [3.63, 3.8) is 0 Å². The Kier molecular flexibility index (Phi) is 4.62. The molecule has 1 aliphatic rings. The number of hydrogen-bond acceptors (Lipinski definition) is 5. The van der Waals surface area contributed by atoms with E-state index in [1.807, 2.05) is 0 Å². The van der Waals surface area contributed by atoms with Gasteiger partial charge in [-0.3, -0.25) is 4.79 Å². The van der Waals surface area contributed by atoms with Gasteiger partial charge < -0.3 is 4.90 Å². The van der Waals surface area contributed by atoms with Crippen molar-refractivity contribution in [2.45, 2.75) is 24.3 Å². The minimum Gasteiger partial charge on any atom is -0.335 e. The van der Waals surface area contributed by atoms with Crippen LogP contribution in [-0.2, 0) is 19.7 Å². The van der Waals surface area contributed by atoms with Crippen LogP contribution in [0.15, 0.2) is 29.2 Å². The Balaban J connectivity index is 2.30. The number of carbonyl (C=O) groups excluding carboxylic acids is 1. The van der Waals surface area contributed by atoms with Gasteiger partial charge in [-0.25, -0.2) is 16.8 Å². The van der Waals surface area contributed by atoms with Gasteiger partial charge in [-0.05, 0) is 31.5 Å². The molecule has 22 heavy (non-hydrogen) atoms. The van der Waals surface area contributed by atoms with Crippen LogP contribution >= 0.6 is 0 Å². The van der Waals surface area contributed by atoms with Crippen LogP contribution in [0, 0.1) is 0 Å². The molecule has 0 aliphatic carbocycles. The standard InChI is InChI=1S/C14H19NO5S2/c1-3-15(12-7-8-22(19,20)10-12)14(16)11-5-4-6-13(9-11)21(2,17)18/h4-6,9,12H,3,7-8,10H2,1-2H3. The second-order valence-electron chi connectivity index (χ2n) is 5.45. The zero-order valence-corrected chi connectivity index (χ0v) is 14.2.